The van der Waals surface area contributed by atoms with Gasteiger partial charge in [-0.3, -0.25) is 4.79 Å². The highest BCUT2D eigenvalue weighted by atomic mass is 16.1. The van der Waals surface area contributed by atoms with Crippen molar-refractivity contribution in [3.63, 3.8) is 0 Å². The van der Waals surface area contributed by atoms with E-state index in [1.807, 2.05) is 12.1 Å². The van der Waals surface area contributed by atoms with Crippen LogP contribution in [0, 0.1) is 5.92 Å². The second-order valence-electron chi connectivity index (χ2n) is 5.57. The molecule has 0 radical (unpaired) electrons. The maximum Gasteiger partial charge on any atom is 0.227 e. The van der Waals surface area contributed by atoms with Crippen LogP contribution in [-0.2, 0) is 4.79 Å². The van der Waals surface area contributed by atoms with Gasteiger partial charge in [0.1, 0.15) is 5.82 Å². The summed E-state index contributed by atoms with van der Waals surface area (Å²) < 4.78 is 0. The highest BCUT2D eigenvalue weighted by Gasteiger charge is 2.19. The van der Waals surface area contributed by atoms with Gasteiger partial charge in [0.2, 0.25) is 5.91 Å². The van der Waals surface area contributed by atoms with Gasteiger partial charge in [0.05, 0.1) is 11.9 Å². The molecule has 0 saturated carbocycles. The van der Waals surface area contributed by atoms with Gasteiger partial charge in [-0.05, 0) is 44.2 Å². The van der Waals surface area contributed by atoms with Crippen molar-refractivity contribution < 1.29 is 4.79 Å². The van der Waals surface area contributed by atoms with E-state index in [1.165, 1.54) is 12.8 Å². The molecule has 1 aliphatic heterocycles. The number of pyridine rings is 1. The van der Waals surface area contributed by atoms with Crippen molar-refractivity contribution in [1.82, 2.24) is 4.98 Å². The first-order valence-electron chi connectivity index (χ1n) is 7.50. The predicted molar refractivity (Wildman–Crippen MR) is 80.8 cm³/mol. The SMILES string of the molecule is O=C(Nc1ccc(N2CCCC2)nc1)C1CC=CCC1. The van der Waals surface area contributed by atoms with E-state index >= 15 is 0 Å². The van der Waals surface area contributed by atoms with E-state index in [9.17, 15) is 4.79 Å². The van der Waals surface area contributed by atoms with Crippen molar-refractivity contribution in [1.29, 1.82) is 0 Å². The maximum absolute atomic E-state index is 12.1. The fourth-order valence-corrected chi connectivity index (χ4v) is 2.87. The second-order valence-corrected chi connectivity index (χ2v) is 5.57. The number of hydrogen-bond acceptors (Lipinski definition) is 3. The zero-order valence-electron chi connectivity index (χ0n) is 11.7. The van der Waals surface area contributed by atoms with E-state index in [0.29, 0.717) is 0 Å². The van der Waals surface area contributed by atoms with Crippen LogP contribution in [0.4, 0.5) is 11.5 Å². The van der Waals surface area contributed by atoms with Crippen molar-refractivity contribution in [2.24, 2.45) is 5.92 Å². The van der Waals surface area contributed by atoms with E-state index in [-0.39, 0.29) is 11.8 Å². The first-order chi connectivity index (χ1) is 9.83. The van der Waals surface area contributed by atoms with Crippen LogP contribution in [0.5, 0.6) is 0 Å². The molecule has 1 N–H and O–H groups in total. The molecule has 1 unspecified atom stereocenters. The van der Waals surface area contributed by atoms with Gasteiger partial charge < -0.3 is 10.2 Å². The lowest BCUT2D eigenvalue weighted by atomic mass is 9.93. The van der Waals surface area contributed by atoms with Gasteiger partial charge in [-0.1, -0.05) is 12.2 Å². The Morgan fingerprint density at radius 1 is 1.25 bits per heavy atom. The lowest BCUT2D eigenvalue weighted by molar-refractivity contribution is -0.120. The zero-order valence-corrected chi connectivity index (χ0v) is 11.7. The molecule has 1 aromatic heterocycles. The lowest BCUT2D eigenvalue weighted by Crippen LogP contribution is -2.24. The molecular formula is C16H21N3O. The molecule has 0 bridgehead atoms. The summed E-state index contributed by atoms with van der Waals surface area (Å²) in [6.45, 7) is 2.18. The quantitative estimate of drug-likeness (QED) is 0.860. The third-order valence-electron chi connectivity index (χ3n) is 4.09. The van der Waals surface area contributed by atoms with Crippen molar-refractivity contribution in [3.05, 3.63) is 30.5 Å². The summed E-state index contributed by atoms with van der Waals surface area (Å²) in [7, 11) is 0. The number of carbonyl (C=O) groups is 1. The molecule has 106 valence electrons. The van der Waals surface area contributed by atoms with Gasteiger partial charge in [-0.15, -0.1) is 0 Å². The van der Waals surface area contributed by atoms with E-state index < -0.39 is 0 Å². The fraction of sp³-hybridized carbons (Fsp3) is 0.500. The number of aromatic nitrogens is 1. The largest absolute Gasteiger partial charge is 0.357 e. The molecule has 4 nitrogen and oxygen atoms in total. The van der Waals surface area contributed by atoms with E-state index in [2.05, 4.69) is 27.4 Å². The smallest absolute Gasteiger partial charge is 0.227 e. The molecule has 2 aliphatic rings. The minimum atomic E-state index is 0.109. The summed E-state index contributed by atoms with van der Waals surface area (Å²) in [6, 6.07) is 3.96. The molecule has 4 heteroatoms. The van der Waals surface area contributed by atoms with Crippen molar-refractivity contribution in [2.45, 2.75) is 32.1 Å². The third-order valence-corrected chi connectivity index (χ3v) is 4.09. The molecule has 1 aliphatic carbocycles. The van der Waals surface area contributed by atoms with E-state index in [4.69, 9.17) is 0 Å². The average Bonchev–Trinajstić information content (AvgIpc) is 3.03. The highest BCUT2D eigenvalue weighted by Crippen LogP contribution is 2.22. The van der Waals surface area contributed by atoms with Crippen LogP contribution in [0.3, 0.4) is 0 Å². The molecule has 1 saturated heterocycles. The van der Waals surface area contributed by atoms with Crippen LogP contribution in [0.25, 0.3) is 0 Å². The first kappa shape index (κ1) is 13.2. The Balaban J connectivity index is 1.59. The zero-order chi connectivity index (χ0) is 13.8. The molecule has 20 heavy (non-hydrogen) atoms. The molecule has 1 fully saturated rings. The first-order valence-corrected chi connectivity index (χ1v) is 7.50. The van der Waals surface area contributed by atoms with Crippen LogP contribution >= 0.6 is 0 Å². The van der Waals surface area contributed by atoms with Crippen molar-refractivity contribution >= 4 is 17.4 Å². The second kappa shape index (κ2) is 6.07. The van der Waals surface area contributed by atoms with E-state index in [1.54, 1.807) is 6.20 Å². The van der Waals surface area contributed by atoms with Crippen LogP contribution in [0.15, 0.2) is 30.5 Å². The number of allylic oxidation sites excluding steroid dienone is 2. The Hall–Kier alpha value is -1.84. The summed E-state index contributed by atoms with van der Waals surface area (Å²) in [6.07, 6.45) is 11.3. The summed E-state index contributed by atoms with van der Waals surface area (Å²) in [5.74, 6) is 1.24. The van der Waals surface area contributed by atoms with Gasteiger partial charge >= 0.3 is 0 Å². The molecule has 2 heterocycles. The molecule has 1 amide bonds. The third kappa shape index (κ3) is 3.00. The van der Waals surface area contributed by atoms with Crippen LogP contribution in [0.1, 0.15) is 32.1 Å². The number of anilines is 2. The topological polar surface area (TPSA) is 45.2 Å². The minimum absolute atomic E-state index is 0.109. The van der Waals surface area contributed by atoms with Crippen molar-refractivity contribution in [3.8, 4) is 0 Å². The van der Waals surface area contributed by atoms with Gasteiger partial charge in [0, 0.05) is 19.0 Å². The molecule has 0 spiro atoms. The Bertz CT molecular complexity index is 489. The van der Waals surface area contributed by atoms with Crippen LogP contribution < -0.4 is 10.2 Å². The van der Waals surface area contributed by atoms with Gasteiger partial charge in [0.25, 0.3) is 0 Å². The predicted octanol–water partition coefficient (Wildman–Crippen LogP) is 2.98. The summed E-state index contributed by atoms with van der Waals surface area (Å²) in [5, 5.41) is 2.98. The Morgan fingerprint density at radius 2 is 2.10 bits per heavy atom. The standard InChI is InChI=1S/C16H21N3O/c20-16(13-6-2-1-3-7-13)18-14-8-9-15(17-12-14)19-10-4-5-11-19/h1-2,8-9,12-13H,3-7,10-11H2,(H,18,20). The van der Waals surface area contributed by atoms with Gasteiger partial charge in [-0.25, -0.2) is 4.98 Å². The summed E-state index contributed by atoms with van der Waals surface area (Å²) in [5.41, 5.74) is 0.799. The molecule has 1 aromatic rings. The minimum Gasteiger partial charge on any atom is -0.357 e. The van der Waals surface area contributed by atoms with Crippen molar-refractivity contribution in [2.75, 3.05) is 23.3 Å². The Morgan fingerprint density at radius 3 is 2.75 bits per heavy atom. The Labute approximate surface area is 119 Å². The summed E-state index contributed by atoms with van der Waals surface area (Å²) >= 11 is 0. The molecular weight excluding hydrogens is 250 g/mol. The normalized spacial score (nSPS) is 22.0. The van der Waals surface area contributed by atoms with Crippen LogP contribution in [0.2, 0.25) is 0 Å². The van der Waals surface area contributed by atoms with E-state index in [0.717, 1.165) is 43.9 Å². The van der Waals surface area contributed by atoms with Gasteiger partial charge in [-0.2, -0.15) is 0 Å². The monoisotopic (exact) mass is 271 g/mol. The average molecular weight is 271 g/mol. The van der Waals surface area contributed by atoms with Gasteiger partial charge in [0.15, 0.2) is 0 Å². The summed E-state index contributed by atoms with van der Waals surface area (Å²) in [4.78, 5) is 18.9. The maximum atomic E-state index is 12.1. The number of carbonyl (C=O) groups excluding carboxylic acids is 1. The lowest BCUT2D eigenvalue weighted by Gasteiger charge is -2.18. The number of hydrogen-bond donors (Lipinski definition) is 1. The number of amides is 1. The molecule has 0 aromatic carbocycles. The fourth-order valence-electron chi connectivity index (χ4n) is 2.87. The van der Waals surface area contributed by atoms with Crippen LogP contribution in [-0.4, -0.2) is 24.0 Å². The number of nitrogens with one attached hydrogen (secondary N) is 1. The number of nitrogens with zero attached hydrogens (tertiary/aromatic N) is 2. The molecule has 3 rings (SSSR count). The molecule has 1 atom stereocenters. The highest BCUT2D eigenvalue weighted by molar-refractivity contribution is 5.92. The number of rotatable bonds is 3. The Kier molecular flexibility index (Phi) is 4.00.